The zero-order chi connectivity index (χ0) is 18.8. The Morgan fingerprint density at radius 2 is 1.96 bits per heavy atom. The summed E-state index contributed by atoms with van der Waals surface area (Å²) in [5.74, 6) is 0.0136. The minimum Gasteiger partial charge on any atom is -0.396 e. The molecule has 1 aromatic carbocycles. The molecule has 4 rings (SSSR count). The van der Waals surface area contributed by atoms with Gasteiger partial charge in [0.25, 0.3) is 0 Å². The Balaban J connectivity index is 1.56. The average Bonchev–Trinajstić information content (AvgIpc) is 3.12. The first-order valence-electron chi connectivity index (χ1n) is 9.05. The number of rotatable bonds is 5. The fraction of sp³-hybridized carbons (Fsp3) is 0.421. The van der Waals surface area contributed by atoms with Crippen LogP contribution in [-0.4, -0.2) is 48.5 Å². The van der Waals surface area contributed by atoms with E-state index in [1.54, 1.807) is 6.33 Å². The van der Waals surface area contributed by atoms with Gasteiger partial charge in [-0.25, -0.2) is 15.0 Å². The van der Waals surface area contributed by atoms with Crippen LogP contribution in [0.2, 0.25) is 0 Å². The minimum atomic E-state index is -0.675. The van der Waals surface area contributed by atoms with Crippen molar-refractivity contribution in [3.8, 4) is 0 Å². The number of anilines is 1. The molecule has 0 unspecified atom stereocenters. The summed E-state index contributed by atoms with van der Waals surface area (Å²) < 4.78 is 8.02. The Labute approximate surface area is 156 Å². The topological polar surface area (TPSA) is 119 Å². The van der Waals surface area contributed by atoms with Crippen LogP contribution >= 0.6 is 0 Å². The molecule has 3 aromatic rings. The van der Waals surface area contributed by atoms with E-state index >= 15 is 0 Å². The second-order valence-electron chi connectivity index (χ2n) is 6.96. The van der Waals surface area contributed by atoms with Gasteiger partial charge in [-0.1, -0.05) is 30.3 Å². The van der Waals surface area contributed by atoms with E-state index in [0.717, 1.165) is 5.56 Å². The predicted octanol–water partition coefficient (Wildman–Crippen LogP) is 1.30. The molecule has 0 aliphatic heterocycles. The molecule has 1 aliphatic carbocycles. The van der Waals surface area contributed by atoms with Gasteiger partial charge in [0.05, 0.1) is 31.7 Å². The number of hydrogen-bond acceptors (Lipinski definition) is 7. The Morgan fingerprint density at radius 1 is 1.15 bits per heavy atom. The number of nitrogens with two attached hydrogens (primary N) is 1. The Kier molecular flexibility index (Phi) is 5.02. The molecular formula is C19H23N5O3. The average molecular weight is 369 g/mol. The van der Waals surface area contributed by atoms with Crippen molar-refractivity contribution in [2.45, 2.75) is 37.7 Å². The van der Waals surface area contributed by atoms with Crippen molar-refractivity contribution in [2.24, 2.45) is 5.92 Å². The monoisotopic (exact) mass is 369 g/mol. The second kappa shape index (κ2) is 7.59. The number of aliphatic hydroxyl groups excluding tert-OH is 2. The second-order valence-corrected chi connectivity index (χ2v) is 6.96. The number of aliphatic hydroxyl groups is 2. The molecule has 0 radical (unpaired) electrons. The Morgan fingerprint density at radius 3 is 2.74 bits per heavy atom. The number of fused-ring (bicyclic) bond motifs is 1. The van der Waals surface area contributed by atoms with E-state index in [9.17, 15) is 10.2 Å². The van der Waals surface area contributed by atoms with Gasteiger partial charge in [0, 0.05) is 12.0 Å². The first kappa shape index (κ1) is 17.8. The molecule has 1 saturated carbocycles. The van der Waals surface area contributed by atoms with E-state index < -0.39 is 6.10 Å². The van der Waals surface area contributed by atoms with Gasteiger partial charge in [0.2, 0.25) is 0 Å². The molecule has 2 aromatic heterocycles. The van der Waals surface area contributed by atoms with E-state index in [1.807, 2.05) is 34.9 Å². The van der Waals surface area contributed by atoms with Crippen molar-refractivity contribution in [1.29, 1.82) is 0 Å². The lowest BCUT2D eigenvalue weighted by Gasteiger charge is -2.39. The van der Waals surface area contributed by atoms with Gasteiger partial charge >= 0.3 is 0 Å². The van der Waals surface area contributed by atoms with Crippen LogP contribution in [0.5, 0.6) is 0 Å². The summed E-state index contributed by atoms with van der Waals surface area (Å²) in [7, 11) is 0. The lowest BCUT2D eigenvalue weighted by molar-refractivity contribution is -0.100. The first-order chi connectivity index (χ1) is 13.2. The molecule has 4 N–H and O–H groups in total. The van der Waals surface area contributed by atoms with Crippen molar-refractivity contribution in [3.05, 3.63) is 48.5 Å². The maximum absolute atomic E-state index is 10.6. The van der Waals surface area contributed by atoms with Crippen molar-refractivity contribution in [2.75, 3.05) is 12.3 Å². The maximum atomic E-state index is 10.6. The Hall–Kier alpha value is -2.55. The van der Waals surface area contributed by atoms with Crippen LogP contribution in [-0.2, 0) is 11.3 Å². The highest BCUT2D eigenvalue weighted by molar-refractivity contribution is 5.81. The lowest BCUT2D eigenvalue weighted by atomic mass is 9.81. The zero-order valence-electron chi connectivity index (χ0n) is 14.8. The van der Waals surface area contributed by atoms with Crippen molar-refractivity contribution in [1.82, 2.24) is 19.5 Å². The summed E-state index contributed by atoms with van der Waals surface area (Å²) in [4.78, 5) is 12.6. The van der Waals surface area contributed by atoms with Gasteiger partial charge < -0.3 is 25.3 Å². The molecule has 1 fully saturated rings. The maximum Gasteiger partial charge on any atom is 0.165 e. The number of imidazole rings is 1. The van der Waals surface area contributed by atoms with Gasteiger partial charge in [-0.05, 0) is 18.4 Å². The van der Waals surface area contributed by atoms with Crippen LogP contribution in [0.25, 0.3) is 11.2 Å². The molecule has 8 nitrogen and oxygen atoms in total. The van der Waals surface area contributed by atoms with Crippen LogP contribution in [0, 0.1) is 5.92 Å². The van der Waals surface area contributed by atoms with Gasteiger partial charge in [-0.15, -0.1) is 0 Å². The SMILES string of the molecule is Nc1ncnc2c1ncn2[C@H]1C[C@H](O)[C@@H](CO)[C@H](OCc2ccccc2)C1. The van der Waals surface area contributed by atoms with E-state index in [2.05, 4.69) is 15.0 Å². The number of aromatic nitrogens is 4. The molecular weight excluding hydrogens is 346 g/mol. The van der Waals surface area contributed by atoms with Gasteiger partial charge in [-0.2, -0.15) is 0 Å². The summed E-state index contributed by atoms with van der Waals surface area (Å²) >= 11 is 0. The number of benzene rings is 1. The summed E-state index contributed by atoms with van der Waals surface area (Å²) in [5.41, 5.74) is 8.13. The predicted molar refractivity (Wildman–Crippen MR) is 99.6 cm³/mol. The van der Waals surface area contributed by atoms with Crippen molar-refractivity contribution < 1.29 is 14.9 Å². The molecule has 27 heavy (non-hydrogen) atoms. The molecule has 0 spiro atoms. The highest BCUT2D eigenvalue weighted by Crippen LogP contribution is 2.36. The van der Waals surface area contributed by atoms with E-state index in [1.165, 1.54) is 6.33 Å². The molecule has 0 saturated heterocycles. The number of hydrogen-bond donors (Lipinski definition) is 3. The van der Waals surface area contributed by atoms with Crippen molar-refractivity contribution >= 4 is 17.0 Å². The highest BCUT2D eigenvalue weighted by Gasteiger charge is 2.38. The highest BCUT2D eigenvalue weighted by atomic mass is 16.5. The quantitative estimate of drug-likeness (QED) is 0.620. The molecule has 4 atom stereocenters. The van der Waals surface area contributed by atoms with Gasteiger partial charge in [-0.3, -0.25) is 0 Å². The fourth-order valence-corrected chi connectivity index (χ4v) is 3.81. The summed E-state index contributed by atoms with van der Waals surface area (Å²) in [5, 5.41) is 20.4. The fourth-order valence-electron chi connectivity index (χ4n) is 3.81. The van der Waals surface area contributed by atoms with Gasteiger partial charge in [0.15, 0.2) is 11.5 Å². The molecule has 2 heterocycles. The molecule has 0 bridgehead atoms. The summed E-state index contributed by atoms with van der Waals surface area (Å²) in [6, 6.07) is 9.81. The van der Waals surface area contributed by atoms with E-state index in [4.69, 9.17) is 10.5 Å². The standard InChI is InChI=1S/C19H23N5O3/c20-18-17-19(22-10-21-18)24(11-23-17)13-6-15(26)14(8-25)16(7-13)27-9-12-4-2-1-3-5-12/h1-5,10-11,13-16,25-26H,6-9H2,(H2,20,21,22)/t13-,14+,15-,16+/m0/s1. The van der Waals surface area contributed by atoms with Crippen LogP contribution < -0.4 is 5.73 Å². The Bertz CT molecular complexity index is 901. The first-order valence-corrected chi connectivity index (χ1v) is 9.05. The van der Waals surface area contributed by atoms with Crippen molar-refractivity contribution in [3.63, 3.8) is 0 Å². The third kappa shape index (κ3) is 3.51. The number of nitrogen functional groups attached to an aromatic ring is 1. The van der Waals surface area contributed by atoms with Crippen LogP contribution in [0.3, 0.4) is 0 Å². The third-order valence-corrected chi connectivity index (χ3v) is 5.29. The normalized spacial score (nSPS) is 25.7. The van der Waals surface area contributed by atoms with Crippen LogP contribution in [0.4, 0.5) is 5.82 Å². The third-order valence-electron chi connectivity index (χ3n) is 5.29. The molecule has 142 valence electrons. The zero-order valence-corrected chi connectivity index (χ0v) is 14.8. The minimum absolute atomic E-state index is 0.0529. The largest absolute Gasteiger partial charge is 0.396 e. The molecule has 1 aliphatic rings. The van der Waals surface area contributed by atoms with E-state index in [0.29, 0.717) is 36.4 Å². The van der Waals surface area contributed by atoms with Crippen LogP contribution in [0.15, 0.2) is 43.0 Å². The van der Waals surface area contributed by atoms with E-state index in [-0.39, 0.29) is 24.7 Å². The summed E-state index contributed by atoms with van der Waals surface area (Å²) in [6.45, 7) is 0.314. The number of nitrogens with zero attached hydrogens (tertiary/aromatic N) is 4. The lowest BCUT2D eigenvalue weighted by Crippen LogP contribution is -2.43. The molecule has 0 amide bonds. The molecule has 8 heteroatoms. The smallest absolute Gasteiger partial charge is 0.165 e. The number of ether oxygens (including phenoxy) is 1. The van der Waals surface area contributed by atoms with Gasteiger partial charge in [0.1, 0.15) is 11.8 Å². The van der Waals surface area contributed by atoms with Crippen LogP contribution in [0.1, 0.15) is 24.4 Å². The summed E-state index contributed by atoms with van der Waals surface area (Å²) in [6.07, 6.45) is 3.28.